The van der Waals surface area contributed by atoms with Gasteiger partial charge in [0.05, 0.1) is 4.90 Å². The summed E-state index contributed by atoms with van der Waals surface area (Å²) in [5.74, 6) is 0.706. The summed E-state index contributed by atoms with van der Waals surface area (Å²) in [6.07, 6.45) is 0.478. The molecule has 0 saturated heterocycles. The molecule has 0 saturated carbocycles. The molecule has 0 spiro atoms. The van der Waals surface area contributed by atoms with Crippen LogP contribution in [0.25, 0.3) is 4.96 Å². The van der Waals surface area contributed by atoms with Gasteiger partial charge in [0.2, 0.25) is 15.0 Å². The average Bonchev–Trinajstić information content (AvgIpc) is 3.04. The molecule has 0 aliphatic heterocycles. The molecule has 0 aliphatic rings. The van der Waals surface area contributed by atoms with Gasteiger partial charge in [-0.05, 0) is 31.5 Å². The number of aromatic nitrogens is 4. The molecule has 122 valence electrons. The summed E-state index contributed by atoms with van der Waals surface area (Å²) >= 11 is 7.37. The first-order valence-electron chi connectivity index (χ1n) is 6.80. The zero-order valence-corrected chi connectivity index (χ0v) is 14.8. The van der Waals surface area contributed by atoms with E-state index in [1.54, 1.807) is 10.6 Å². The van der Waals surface area contributed by atoms with Crippen molar-refractivity contribution >= 4 is 37.9 Å². The van der Waals surface area contributed by atoms with E-state index in [2.05, 4.69) is 20.0 Å². The molecule has 3 aromatic rings. The van der Waals surface area contributed by atoms with E-state index in [0.717, 1.165) is 10.6 Å². The standard InChI is InChI=1S/C13H14ClN5O2S2/c1-8-3-4-10(7-11(8)14)23(20,21)15-6-5-12-18-19-9(2)16-17-13(19)22-12/h3-4,7,15H,5-6H2,1-2H3. The number of nitrogens with zero attached hydrogens (tertiary/aromatic N) is 4. The molecule has 7 nitrogen and oxygen atoms in total. The fraction of sp³-hybridized carbons (Fsp3) is 0.308. The molecule has 0 aliphatic carbocycles. The van der Waals surface area contributed by atoms with Crippen molar-refractivity contribution in [3.8, 4) is 0 Å². The summed E-state index contributed by atoms with van der Waals surface area (Å²) in [7, 11) is -3.59. The molecule has 2 aromatic heterocycles. The van der Waals surface area contributed by atoms with Crippen LogP contribution in [0.1, 0.15) is 16.4 Å². The number of benzene rings is 1. The second-order valence-corrected chi connectivity index (χ2v) is 8.21. The van der Waals surface area contributed by atoms with E-state index >= 15 is 0 Å². The lowest BCUT2D eigenvalue weighted by atomic mass is 10.2. The Kier molecular flexibility index (Phi) is 4.37. The molecule has 0 amide bonds. The van der Waals surface area contributed by atoms with E-state index in [0.29, 0.717) is 22.2 Å². The van der Waals surface area contributed by atoms with Crippen LogP contribution in [0.4, 0.5) is 0 Å². The van der Waals surface area contributed by atoms with Gasteiger partial charge in [-0.2, -0.15) is 9.61 Å². The summed E-state index contributed by atoms with van der Waals surface area (Å²) in [6, 6.07) is 4.67. The Morgan fingerprint density at radius 2 is 2.09 bits per heavy atom. The van der Waals surface area contributed by atoms with Gasteiger partial charge in [0.15, 0.2) is 5.82 Å². The minimum atomic E-state index is -3.59. The van der Waals surface area contributed by atoms with Crippen LogP contribution < -0.4 is 4.72 Å². The van der Waals surface area contributed by atoms with Gasteiger partial charge in [-0.3, -0.25) is 0 Å². The van der Waals surface area contributed by atoms with Gasteiger partial charge in [-0.1, -0.05) is 29.0 Å². The van der Waals surface area contributed by atoms with E-state index in [1.165, 1.54) is 23.5 Å². The number of hydrogen-bond acceptors (Lipinski definition) is 6. The predicted molar refractivity (Wildman–Crippen MR) is 88.5 cm³/mol. The fourth-order valence-corrected chi connectivity index (χ4v) is 4.15. The van der Waals surface area contributed by atoms with Crippen molar-refractivity contribution in [2.75, 3.05) is 6.54 Å². The van der Waals surface area contributed by atoms with Gasteiger partial charge >= 0.3 is 0 Å². The van der Waals surface area contributed by atoms with Crippen molar-refractivity contribution in [3.05, 3.63) is 39.6 Å². The summed E-state index contributed by atoms with van der Waals surface area (Å²) in [5.41, 5.74) is 0.834. The monoisotopic (exact) mass is 371 g/mol. The molecular weight excluding hydrogens is 358 g/mol. The Morgan fingerprint density at radius 1 is 1.30 bits per heavy atom. The Balaban J connectivity index is 1.68. The van der Waals surface area contributed by atoms with Crippen molar-refractivity contribution in [2.45, 2.75) is 25.2 Å². The van der Waals surface area contributed by atoms with Crippen LogP contribution in [0, 0.1) is 13.8 Å². The molecule has 0 unspecified atom stereocenters. The summed E-state index contributed by atoms with van der Waals surface area (Å²) in [6.45, 7) is 3.88. The summed E-state index contributed by atoms with van der Waals surface area (Å²) in [5, 5.41) is 13.5. The maximum atomic E-state index is 12.2. The van der Waals surface area contributed by atoms with E-state index in [1.807, 2.05) is 13.8 Å². The number of aryl methyl sites for hydroxylation is 2. The first-order valence-corrected chi connectivity index (χ1v) is 9.48. The van der Waals surface area contributed by atoms with Crippen molar-refractivity contribution < 1.29 is 8.42 Å². The topological polar surface area (TPSA) is 89.2 Å². The van der Waals surface area contributed by atoms with Crippen molar-refractivity contribution in [3.63, 3.8) is 0 Å². The van der Waals surface area contributed by atoms with E-state index < -0.39 is 10.0 Å². The van der Waals surface area contributed by atoms with E-state index in [4.69, 9.17) is 11.6 Å². The Morgan fingerprint density at radius 3 is 2.78 bits per heavy atom. The second kappa shape index (κ2) is 6.16. The highest BCUT2D eigenvalue weighted by atomic mass is 35.5. The number of hydrogen-bond donors (Lipinski definition) is 1. The van der Waals surface area contributed by atoms with Crippen LogP contribution in [0.15, 0.2) is 23.1 Å². The molecule has 23 heavy (non-hydrogen) atoms. The van der Waals surface area contributed by atoms with Crippen LogP contribution in [0.3, 0.4) is 0 Å². The van der Waals surface area contributed by atoms with E-state index in [9.17, 15) is 8.42 Å². The van der Waals surface area contributed by atoms with Gasteiger partial charge in [0.1, 0.15) is 5.01 Å². The van der Waals surface area contributed by atoms with Gasteiger partial charge in [0, 0.05) is 18.0 Å². The largest absolute Gasteiger partial charge is 0.240 e. The van der Waals surface area contributed by atoms with Crippen molar-refractivity contribution in [1.29, 1.82) is 0 Å². The minimum absolute atomic E-state index is 0.155. The van der Waals surface area contributed by atoms with Gasteiger partial charge in [0.25, 0.3) is 0 Å². The highest BCUT2D eigenvalue weighted by Crippen LogP contribution is 2.20. The zero-order valence-electron chi connectivity index (χ0n) is 12.4. The van der Waals surface area contributed by atoms with Gasteiger partial charge in [-0.15, -0.1) is 10.2 Å². The first kappa shape index (κ1) is 16.3. The smallest absolute Gasteiger partial charge is 0.211 e. The zero-order chi connectivity index (χ0) is 16.6. The molecule has 0 radical (unpaired) electrons. The molecule has 3 rings (SSSR count). The second-order valence-electron chi connectivity index (χ2n) is 5.00. The number of rotatable bonds is 5. The summed E-state index contributed by atoms with van der Waals surface area (Å²) < 4.78 is 28.7. The molecule has 1 aromatic carbocycles. The van der Waals surface area contributed by atoms with Crippen LogP contribution in [-0.4, -0.2) is 34.8 Å². The highest BCUT2D eigenvalue weighted by molar-refractivity contribution is 7.89. The quantitative estimate of drug-likeness (QED) is 0.740. The average molecular weight is 372 g/mol. The number of halogens is 1. The Labute approximate surface area is 142 Å². The van der Waals surface area contributed by atoms with Crippen LogP contribution in [0.5, 0.6) is 0 Å². The van der Waals surface area contributed by atoms with Gasteiger partial charge in [-0.25, -0.2) is 13.1 Å². The normalized spacial score (nSPS) is 12.1. The first-order chi connectivity index (χ1) is 10.9. The van der Waals surface area contributed by atoms with Crippen molar-refractivity contribution in [2.24, 2.45) is 0 Å². The number of fused-ring (bicyclic) bond motifs is 1. The van der Waals surface area contributed by atoms with Gasteiger partial charge < -0.3 is 0 Å². The third-order valence-corrected chi connectivity index (χ3v) is 6.10. The lowest BCUT2D eigenvalue weighted by Crippen LogP contribution is -2.26. The number of nitrogens with one attached hydrogen (secondary N) is 1. The maximum Gasteiger partial charge on any atom is 0.240 e. The van der Waals surface area contributed by atoms with Crippen LogP contribution >= 0.6 is 22.9 Å². The minimum Gasteiger partial charge on any atom is -0.211 e. The molecule has 0 atom stereocenters. The third-order valence-electron chi connectivity index (χ3n) is 3.27. The highest BCUT2D eigenvalue weighted by Gasteiger charge is 2.15. The SMILES string of the molecule is Cc1ccc(S(=O)(=O)NCCc2nn3c(C)nnc3s2)cc1Cl. The van der Waals surface area contributed by atoms with Crippen molar-refractivity contribution in [1.82, 2.24) is 24.5 Å². The molecule has 1 N–H and O–H groups in total. The molecule has 0 bridgehead atoms. The molecule has 2 heterocycles. The Hall–Kier alpha value is -1.55. The fourth-order valence-electron chi connectivity index (χ4n) is 1.97. The lowest BCUT2D eigenvalue weighted by molar-refractivity contribution is 0.581. The molecular formula is C13H14ClN5O2S2. The summed E-state index contributed by atoms with van der Waals surface area (Å²) in [4.78, 5) is 0.854. The van der Waals surface area contributed by atoms with Crippen LogP contribution in [-0.2, 0) is 16.4 Å². The molecule has 0 fully saturated rings. The lowest BCUT2D eigenvalue weighted by Gasteiger charge is -2.07. The van der Waals surface area contributed by atoms with Crippen LogP contribution in [0.2, 0.25) is 5.02 Å². The van der Waals surface area contributed by atoms with E-state index in [-0.39, 0.29) is 11.4 Å². The number of sulfonamides is 1. The predicted octanol–water partition coefficient (Wildman–Crippen LogP) is 1.98. The maximum absolute atomic E-state index is 12.2. The third kappa shape index (κ3) is 3.37. The Bertz CT molecular complexity index is 964. The molecule has 10 heteroatoms.